The van der Waals surface area contributed by atoms with Gasteiger partial charge in [0.25, 0.3) is 0 Å². The number of piperidine rings is 1. The number of carboxylic acid groups (broad SMARTS) is 1. The molecule has 0 aromatic rings. The fourth-order valence-electron chi connectivity index (χ4n) is 3.96. The summed E-state index contributed by atoms with van der Waals surface area (Å²) < 4.78 is 0. The molecular weight excluding hydrogens is 238 g/mol. The summed E-state index contributed by atoms with van der Waals surface area (Å²) in [5.41, 5.74) is 0. The number of rotatable bonds is 4. The van der Waals surface area contributed by atoms with Gasteiger partial charge in [-0.1, -0.05) is 32.6 Å². The van der Waals surface area contributed by atoms with E-state index < -0.39 is 5.97 Å². The summed E-state index contributed by atoms with van der Waals surface area (Å²) in [7, 11) is 0. The minimum absolute atomic E-state index is 0.122. The number of hydrogen-bond acceptors (Lipinski definition) is 2. The van der Waals surface area contributed by atoms with Crippen LogP contribution in [0.25, 0.3) is 0 Å². The molecule has 0 spiro atoms. The Hall–Kier alpha value is -0.570. The van der Waals surface area contributed by atoms with Gasteiger partial charge in [0, 0.05) is 12.6 Å². The zero-order valence-corrected chi connectivity index (χ0v) is 12.3. The van der Waals surface area contributed by atoms with Gasteiger partial charge >= 0.3 is 5.97 Å². The van der Waals surface area contributed by atoms with Crippen molar-refractivity contribution in [1.82, 2.24) is 4.90 Å². The van der Waals surface area contributed by atoms with Crippen molar-refractivity contribution in [2.75, 3.05) is 13.1 Å². The molecule has 0 bridgehead atoms. The first-order valence-electron chi connectivity index (χ1n) is 8.17. The molecule has 110 valence electrons. The SMILES string of the molecule is CCCC1CCCC(N2CCCC(C(=O)O)C2)CC1. The Morgan fingerprint density at radius 1 is 1.16 bits per heavy atom. The van der Waals surface area contributed by atoms with Gasteiger partial charge in [0.05, 0.1) is 5.92 Å². The van der Waals surface area contributed by atoms with E-state index >= 15 is 0 Å². The largest absolute Gasteiger partial charge is 0.481 e. The lowest BCUT2D eigenvalue weighted by Crippen LogP contribution is -2.44. The molecule has 3 nitrogen and oxygen atoms in total. The van der Waals surface area contributed by atoms with Gasteiger partial charge in [0.1, 0.15) is 0 Å². The standard InChI is InChI=1S/C16H29NO2/c1-2-5-13-6-3-8-15(10-9-13)17-11-4-7-14(12-17)16(18)19/h13-15H,2-12H2,1H3,(H,18,19). The van der Waals surface area contributed by atoms with Crippen molar-refractivity contribution in [3.05, 3.63) is 0 Å². The van der Waals surface area contributed by atoms with Gasteiger partial charge < -0.3 is 5.11 Å². The third-order valence-corrected chi connectivity index (χ3v) is 5.07. The fourth-order valence-corrected chi connectivity index (χ4v) is 3.96. The molecule has 19 heavy (non-hydrogen) atoms. The minimum Gasteiger partial charge on any atom is -0.481 e. The van der Waals surface area contributed by atoms with Crippen molar-refractivity contribution in [1.29, 1.82) is 0 Å². The number of hydrogen-bond donors (Lipinski definition) is 1. The average molecular weight is 267 g/mol. The number of likely N-dealkylation sites (tertiary alicyclic amines) is 1. The zero-order valence-electron chi connectivity index (χ0n) is 12.3. The third kappa shape index (κ3) is 4.20. The van der Waals surface area contributed by atoms with Gasteiger partial charge in [-0.05, 0) is 44.6 Å². The van der Waals surface area contributed by atoms with E-state index in [1.807, 2.05) is 0 Å². The number of carbonyl (C=O) groups is 1. The summed E-state index contributed by atoms with van der Waals surface area (Å²) in [5, 5.41) is 9.20. The number of carboxylic acids is 1. The molecule has 2 fully saturated rings. The van der Waals surface area contributed by atoms with Gasteiger partial charge in [-0.25, -0.2) is 0 Å². The summed E-state index contributed by atoms with van der Waals surface area (Å²) >= 11 is 0. The van der Waals surface area contributed by atoms with Crippen LogP contribution in [0.3, 0.4) is 0 Å². The van der Waals surface area contributed by atoms with Crippen LogP contribution in [0.2, 0.25) is 0 Å². The van der Waals surface area contributed by atoms with Crippen LogP contribution >= 0.6 is 0 Å². The molecule has 3 heteroatoms. The van der Waals surface area contributed by atoms with E-state index in [4.69, 9.17) is 0 Å². The molecule has 0 aromatic heterocycles. The molecule has 1 aliphatic heterocycles. The second kappa shape index (κ2) is 7.28. The number of aliphatic carboxylic acids is 1. The molecule has 0 aromatic carbocycles. The maximum absolute atomic E-state index is 11.2. The first kappa shape index (κ1) is 14.8. The summed E-state index contributed by atoms with van der Waals surface area (Å²) in [4.78, 5) is 13.6. The molecule has 0 amide bonds. The predicted octanol–water partition coefficient (Wildman–Crippen LogP) is 3.53. The molecule has 1 saturated heterocycles. The normalized spacial score (nSPS) is 33.8. The van der Waals surface area contributed by atoms with Crippen LogP contribution in [0.1, 0.15) is 64.7 Å². The van der Waals surface area contributed by atoms with Gasteiger partial charge in [-0.3, -0.25) is 9.69 Å². The van der Waals surface area contributed by atoms with E-state index in [1.54, 1.807) is 0 Å². The van der Waals surface area contributed by atoms with Crippen molar-refractivity contribution < 1.29 is 9.90 Å². The van der Waals surface area contributed by atoms with Crippen LogP contribution in [-0.2, 0) is 4.79 Å². The van der Waals surface area contributed by atoms with Crippen molar-refractivity contribution in [3.8, 4) is 0 Å². The lowest BCUT2D eigenvalue weighted by molar-refractivity contribution is -0.144. The highest BCUT2D eigenvalue weighted by Crippen LogP contribution is 2.31. The highest BCUT2D eigenvalue weighted by Gasteiger charge is 2.30. The van der Waals surface area contributed by atoms with Crippen LogP contribution in [-0.4, -0.2) is 35.1 Å². The smallest absolute Gasteiger partial charge is 0.307 e. The molecule has 1 N–H and O–H groups in total. The monoisotopic (exact) mass is 267 g/mol. The first-order valence-corrected chi connectivity index (χ1v) is 8.17. The quantitative estimate of drug-likeness (QED) is 0.792. The minimum atomic E-state index is -0.595. The molecule has 0 radical (unpaired) electrons. The fraction of sp³-hybridized carbons (Fsp3) is 0.938. The number of nitrogens with zero attached hydrogens (tertiary/aromatic N) is 1. The van der Waals surface area contributed by atoms with E-state index in [2.05, 4.69) is 11.8 Å². The van der Waals surface area contributed by atoms with Crippen molar-refractivity contribution in [2.45, 2.75) is 70.8 Å². The van der Waals surface area contributed by atoms with Crippen molar-refractivity contribution in [2.24, 2.45) is 11.8 Å². The van der Waals surface area contributed by atoms with Crippen LogP contribution < -0.4 is 0 Å². The Morgan fingerprint density at radius 2 is 2.00 bits per heavy atom. The molecular formula is C16H29NO2. The summed E-state index contributed by atoms with van der Waals surface area (Å²) in [6, 6.07) is 0.656. The summed E-state index contributed by atoms with van der Waals surface area (Å²) in [6.45, 7) is 4.19. The van der Waals surface area contributed by atoms with Crippen molar-refractivity contribution in [3.63, 3.8) is 0 Å². The van der Waals surface area contributed by atoms with Gasteiger partial charge in [-0.15, -0.1) is 0 Å². The summed E-state index contributed by atoms with van der Waals surface area (Å²) in [6.07, 6.45) is 11.3. The second-order valence-corrected chi connectivity index (χ2v) is 6.49. The van der Waals surface area contributed by atoms with E-state index in [0.717, 1.165) is 31.8 Å². The topological polar surface area (TPSA) is 40.5 Å². The van der Waals surface area contributed by atoms with E-state index in [0.29, 0.717) is 6.04 Å². The average Bonchev–Trinajstić information content (AvgIpc) is 2.65. The summed E-state index contributed by atoms with van der Waals surface area (Å²) in [5.74, 6) is 0.209. The van der Waals surface area contributed by atoms with Gasteiger partial charge in [-0.2, -0.15) is 0 Å². The second-order valence-electron chi connectivity index (χ2n) is 6.49. The maximum Gasteiger partial charge on any atom is 0.307 e. The molecule has 1 saturated carbocycles. The highest BCUT2D eigenvalue weighted by molar-refractivity contribution is 5.70. The predicted molar refractivity (Wildman–Crippen MR) is 77.2 cm³/mol. The Labute approximate surface area is 117 Å². The Bertz CT molecular complexity index is 292. The van der Waals surface area contributed by atoms with Crippen LogP contribution in [0.5, 0.6) is 0 Å². The van der Waals surface area contributed by atoms with Gasteiger partial charge in [0.15, 0.2) is 0 Å². The van der Waals surface area contributed by atoms with E-state index in [1.165, 1.54) is 44.9 Å². The molecule has 2 aliphatic rings. The van der Waals surface area contributed by atoms with E-state index in [-0.39, 0.29) is 5.92 Å². The molecule has 2 rings (SSSR count). The maximum atomic E-state index is 11.2. The molecule has 1 aliphatic carbocycles. The first-order chi connectivity index (χ1) is 9.20. The molecule has 3 unspecified atom stereocenters. The Balaban J connectivity index is 1.85. The molecule has 3 atom stereocenters. The van der Waals surface area contributed by atoms with Crippen LogP contribution in [0.15, 0.2) is 0 Å². The zero-order chi connectivity index (χ0) is 13.7. The lowest BCUT2D eigenvalue weighted by Gasteiger charge is -2.36. The van der Waals surface area contributed by atoms with E-state index in [9.17, 15) is 9.90 Å². The van der Waals surface area contributed by atoms with Crippen LogP contribution in [0.4, 0.5) is 0 Å². The Morgan fingerprint density at radius 3 is 2.74 bits per heavy atom. The van der Waals surface area contributed by atoms with Crippen LogP contribution in [0, 0.1) is 11.8 Å². The third-order valence-electron chi connectivity index (χ3n) is 5.07. The lowest BCUT2D eigenvalue weighted by atomic mass is 9.94. The highest BCUT2D eigenvalue weighted by atomic mass is 16.4. The Kier molecular flexibility index (Phi) is 5.68. The van der Waals surface area contributed by atoms with Gasteiger partial charge in [0.2, 0.25) is 0 Å². The molecule has 1 heterocycles. The van der Waals surface area contributed by atoms with Crippen molar-refractivity contribution >= 4 is 5.97 Å².